The predicted octanol–water partition coefficient (Wildman–Crippen LogP) is 1.16. The Balaban J connectivity index is 2.55. The monoisotopic (exact) mass is 277 g/mol. The lowest BCUT2D eigenvalue weighted by molar-refractivity contribution is -0.152. The zero-order valence-corrected chi connectivity index (χ0v) is 11.3. The van der Waals surface area contributed by atoms with Crippen molar-refractivity contribution >= 4 is 17.8 Å². The fourth-order valence-electron chi connectivity index (χ4n) is 2.45. The first-order chi connectivity index (χ1) is 9.49. The van der Waals surface area contributed by atoms with Gasteiger partial charge in [0.05, 0.1) is 17.7 Å². The summed E-state index contributed by atoms with van der Waals surface area (Å²) in [4.78, 5) is 37.2. The lowest BCUT2D eigenvalue weighted by atomic mass is 9.94. The number of carboxylic acids is 1. The zero-order valence-electron chi connectivity index (χ0n) is 11.3. The average molecular weight is 277 g/mol. The van der Waals surface area contributed by atoms with Gasteiger partial charge < -0.3 is 9.84 Å². The Hall–Kier alpha value is -2.21. The fourth-order valence-corrected chi connectivity index (χ4v) is 2.45. The molecule has 20 heavy (non-hydrogen) atoms. The van der Waals surface area contributed by atoms with Crippen LogP contribution in [0.5, 0.6) is 0 Å². The number of fused-ring (bicyclic) bond motifs is 1. The minimum Gasteiger partial charge on any atom is -0.479 e. The summed E-state index contributed by atoms with van der Waals surface area (Å²) in [6.45, 7) is 1.36. The second kappa shape index (κ2) is 5.05. The van der Waals surface area contributed by atoms with E-state index in [1.165, 1.54) is 19.2 Å². The summed E-state index contributed by atoms with van der Waals surface area (Å²) in [5, 5.41) is 9.50. The Morgan fingerprint density at radius 3 is 2.10 bits per heavy atom. The first kappa shape index (κ1) is 14.2. The third-order valence-electron chi connectivity index (χ3n) is 3.59. The minimum atomic E-state index is -1.68. The standard InChI is InChI=1S/C14H15NO5/c1-3-14(8-20-2,13(18)19)15-11(16)9-6-4-5-7-10(9)12(15)17/h4-7H,3,8H2,1-2H3,(H,18,19). The van der Waals surface area contributed by atoms with Crippen LogP contribution in [0.3, 0.4) is 0 Å². The summed E-state index contributed by atoms with van der Waals surface area (Å²) in [5.41, 5.74) is -1.22. The van der Waals surface area contributed by atoms with Crippen LogP contribution >= 0.6 is 0 Å². The van der Waals surface area contributed by atoms with Gasteiger partial charge in [0.1, 0.15) is 0 Å². The SMILES string of the molecule is CCC(COC)(C(=O)O)N1C(=O)c2ccccc2C1=O. The molecule has 6 heteroatoms. The van der Waals surface area contributed by atoms with Gasteiger partial charge >= 0.3 is 5.97 Å². The lowest BCUT2D eigenvalue weighted by Gasteiger charge is -2.35. The summed E-state index contributed by atoms with van der Waals surface area (Å²) < 4.78 is 4.94. The Morgan fingerprint density at radius 1 is 1.25 bits per heavy atom. The van der Waals surface area contributed by atoms with Crippen molar-refractivity contribution in [2.24, 2.45) is 0 Å². The van der Waals surface area contributed by atoms with Gasteiger partial charge in [0.15, 0.2) is 5.54 Å². The van der Waals surface area contributed by atoms with Crippen molar-refractivity contribution < 1.29 is 24.2 Å². The third kappa shape index (κ3) is 1.80. The molecule has 0 radical (unpaired) electrons. The summed E-state index contributed by atoms with van der Waals surface area (Å²) in [6, 6.07) is 6.31. The Labute approximate surface area is 115 Å². The highest BCUT2D eigenvalue weighted by Crippen LogP contribution is 2.32. The number of ether oxygens (including phenoxy) is 1. The van der Waals surface area contributed by atoms with Gasteiger partial charge in [0.25, 0.3) is 11.8 Å². The van der Waals surface area contributed by atoms with Crippen LogP contribution in [0, 0.1) is 0 Å². The molecular formula is C14H15NO5. The first-order valence-electron chi connectivity index (χ1n) is 6.20. The third-order valence-corrected chi connectivity index (χ3v) is 3.59. The van der Waals surface area contributed by atoms with Crippen molar-refractivity contribution in [1.29, 1.82) is 0 Å². The van der Waals surface area contributed by atoms with Crippen molar-refractivity contribution in [2.75, 3.05) is 13.7 Å². The van der Waals surface area contributed by atoms with E-state index in [1.807, 2.05) is 0 Å². The quantitative estimate of drug-likeness (QED) is 0.816. The Bertz CT molecular complexity index is 548. The Morgan fingerprint density at radius 2 is 1.75 bits per heavy atom. The molecule has 0 fully saturated rings. The first-order valence-corrected chi connectivity index (χ1v) is 6.20. The number of methoxy groups -OCH3 is 1. The number of hydrogen-bond donors (Lipinski definition) is 1. The molecule has 1 N–H and O–H groups in total. The molecular weight excluding hydrogens is 262 g/mol. The molecule has 1 aromatic rings. The number of aliphatic carboxylic acids is 1. The summed E-state index contributed by atoms with van der Waals surface area (Å²) in [7, 11) is 1.34. The lowest BCUT2D eigenvalue weighted by Crippen LogP contribution is -2.59. The van der Waals surface area contributed by atoms with E-state index in [0.29, 0.717) is 0 Å². The van der Waals surface area contributed by atoms with E-state index in [0.717, 1.165) is 4.90 Å². The average Bonchev–Trinajstić information content (AvgIpc) is 2.69. The van der Waals surface area contributed by atoms with E-state index in [9.17, 15) is 19.5 Å². The van der Waals surface area contributed by atoms with Gasteiger partial charge in [0, 0.05) is 7.11 Å². The second-order valence-electron chi connectivity index (χ2n) is 4.61. The molecule has 2 amide bonds. The van der Waals surface area contributed by atoms with Gasteiger partial charge in [0.2, 0.25) is 0 Å². The molecule has 1 aliphatic rings. The van der Waals surface area contributed by atoms with Crippen molar-refractivity contribution in [3.63, 3.8) is 0 Å². The highest BCUT2D eigenvalue weighted by atomic mass is 16.5. The summed E-state index contributed by atoms with van der Waals surface area (Å²) in [5.74, 6) is -2.44. The van der Waals surface area contributed by atoms with Crippen LogP contribution in [-0.4, -0.2) is 47.0 Å². The number of amides is 2. The summed E-state index contributed by atoms with van der Waals surface area (Å²) in [6.07, 6.45) is 0.0711. The molecule has 1 atom stereocenters. The number of imide groups is 1. The molecule has 1 heterocycles. The largest absolute Gasteiger partial charge is 0.479 e. The number of hydrogen-bond acceptors (Lipinski definition) is 4. The predicted molar refractivity (Wildman–Crippen MR) is 69.5 cm³/mol. The molecule has 1 aliphatic heterocycles. The van der Waals surface area contributed by atoms with Crippen LogP contribution in [0.4, 0.5) is 0 Å². The van der Waals surface area contributed by atoms with Gasteiger partial charge in [-0.3, -0.25) is 14.5 Å². The van der Waals surface area contributed by atoms with Gasteiger partial charge in [-0.15, -0.1) is 0 Å². The highest BCUT2D eigenvalue weighted by Gasteiger charge is 2.53. The van der Waals surface area contributed by atoms with Crippen molar-refractivity contribution in [1.82, 2.24) is 4.90 Å². The molecule has 0 saturated carbocycles. The maximum atomic E-state index is 12.4. The van der Waals surface area contributed by atoms with E-state index in [1.54, 1.807) is 19.1 Å². The van der Waals surface area contributed by atoms with Gasteiger partial charge in [-0.1, -0.05) is 19.1 Å². The van der Waals surface area contributed by atoms with E-state index in [2.05, 4.69) is 0 Å². The zero-order chi connectivity index (χ0) is 14.9. The molecule has 106 valence electrons. The summed E-state index contributed by atoms with van der Waals surface area (Å²) >= 11 is 0. The number of nitrogens with zero attached hydrogens (tertiary/aromatic N) is 1. The molecule has 2 rings (SSSR count). The maximum Gasteiger partial charge on any atom is 0.332 e. The number of rotatable bonds is 5. The number of carbonyl (C=O) groups is 3. The van der Waals surface area contributed by atoms with E-state index in [-0.39, 0.29) is 24.2 Å². The minimum absolute atomic E-state index is 0.0711. The van der Waals surface area contributed by atoms with Crippen molar-refractivity contribution in [3.05, 3.63) is 35.4 Å². The van der Waals surface area contributed by atoms with E-state index in [4.69, 9.17) is 4.74 Å². The van der Waals surface area contributed by atoms with Gasteiger partial charge in [-0.2, -0.15) is 0 Å². The van der Waals surface area contributed by atoms with Crippen molar-refractivity contribution in [3.8, 4) is 0 Å². The fraction of sp³-hybridized carbons (Fsp3) is 0.357. The number of benzene rings is 1. The Kier molecular flexibility index (Phi) is 3.59. The van der Waals surface area contributed by atoms with Crippen LogP contribution in [0.1, 0.15) is 34.1 Å². The molecule has 0 spiro atoms. The molecule has 0 saturated heterocycles. The van der Waals surface area contributed by atoms with Crippen LogP contribution in [0.25, 0.3) is 0 Å². The van der Waals surface area contributed by atoms with Crippen LogP contribution in [0.15, 0.2) is 24.3 Å². The van der Waals surface area contributed by atoms with Gasteiger partial charge in [-0.25, -0.2) is 4.79 Å². The molecule has 6 nitrogen and oxygen atoms in total. The smallest absolute Gasteiger partial charge is 0.332 e. The van der Waals surface area contributed by atoms with Gasteiger partial charge in [-0.05, 0) is 18.6 Å². The van der Waals surface area contributed by atoms with Crippen molar-refractivity contribution in [2.45, 2.75) is 18.9 Å². The normalized spacial score (nSPS) is 17.0. The molecule has 0 aliphatic carbocycles. The maximum absolute atomic E-state index is 12.4. The highest BCUT2D eigenvalue weighted by molar-refractivity contribution is 6.23. The van der Waals surface area contributed by atoms with Crippen LogP contribution < -0.4 is 0 Å². The van der Waals surface area contributed by atoms with Crippen LogP contribution in [0.2, 0.25) is 0 Å². The van der Waals surface area contributed by atoms with E-state index >= 15 is 0 Å². The second-order valence-corrected chi connectivity index (χ2v) is 4.61. The van der Waals surface area contributed by atoms with E-state index < -0.39 is 23.3 Å². The molecule has 1 aromatic carbocycles. The van der Waals surface area contributed by atoms with Crippen LogP contribution in [-0.2, 0) is 9.53 Å². The topological polar surface area (TPSA) is 83.9 Å². The number of carbonyl (C=O) groups excluding carboxylic acids is 2. The number of carboxylic acid groups (broad SMARTS) is 1. The molecule has 1 unspecified atom stereocenters. The molecule has 0 aromatic heterocycles. The molecule has 0 bridgehead atoms.